The number of halogens is 4. The second-order valence-corrected chi connectivity index (χ2v) is 7.77. The van der Waals surface area contributed by atoms with Crippen LogP contribution in [0.5, 0.6) is 0 Å². The molecule has 0 N–H and O–H groups in total. The molecule has 1 saturated heterocycles. The fourth-order valence-electron chi connectivity index (χ4n) is 3.59. The maximum absolute atomic E-state index is 13.5. The van der Waals surface area contributed by atoms with Crippen molar-refractivity contribution >= 4 is 11.7 Å². The molecule has 1 fully saturated rings. The predicted molar refractivity (Wildman–Crippen MR) is 88.9 cm³/mol. The van der Waals surface area contributed by atoms with E-state index in [-0.39, 0.29) is 12.1 Å². The molecule has 2 aliphatic heterocycles. The first-order valence-corrected chi connectivity index (χ1v) is 8.55. The predicted octanol–water partition coefficient (Wildman–Crippen LogP) is 5.40. The molecule has 0 radical (unpaired) electrons. The van der Waals surface area contributed by atoms with Crippen molar-refractivity contribution < 1.29 is 27.1 Å². The van der Waals surface area contributed by atoms with Gasteiger partial charge in [0.15, 0.2) is 0 Å². The number of carbonyl (C=O) groups excluding carboxylic acids is 1. The van der Waals surface area contributed by atoms with E-state index in [1.54, 1.807) is 31.7 Å². The summed E-state index contributed by atoms with van der Waals surface area (Å²) in [5.41, 5.74) is -0.820. The molecule has 2 heterocycles. The topological polar surface area (TPSA) is 29.5 Å². The molecular formula is C19H21F4NO2. The van der Waals surface area contributed by atoms with Crippen LogP contribution in [-0.2, 0) is 10.9 Å². The fraction of sp³-hybridized carbons (Fsp3) is 0.526. The summed E-state index contributed by atoms with van der Waals surface area (Å²) >= 11 is 0. The van der Waals surface area contributed by atoms with Gasteiger partial charge in [-0.3, -0.25) is 4.90 Å². The molecule has 3 rings (SSSR count). The fourth-order valence-corrected chi connectivity index (χ4v) is 3.59. The van der Waals surface area contributed by atoms with Gasteiger partial charge in [-0.15, -0.1) is 0 Å². The van der Waals surface area contributed by atoms with Crippen LogP contribution in [0.2, 0.25) is 0 Å². The van der Waals surface area contributed by atoms with Gasteiger partial charge in [-0.2, -0.15) is 13.2 Å². The Morgan fingerprint density at radius 1 is 1.19 bits per heavy atom. The van der Waals surface area contributed by atoms with Gasteiger partial charge in [0.1, 0.15) is 11.4 Å². The van der Waals surface area contributed by atoms with Crippen molar-refractivity contribution in [1.29, 1.82) is 0 Å². The standard InChI is InChI=1S/C19H21F4NO2/c1-18(2,3)26-17(25)24-13-5-6-14(24)9-12(8-13)11-4-7-16(20)15(10-11)19(21,22)23/h4,7-8,10,13-14H,5-6,9H2,1-3H3. The van der Waals surface area contributed by atoms with Gasteiger partial charge < -0.3 is 4.74 Å². The molecule has 1 aromatic carbocycles. The summed E-state index contributed by atoms with van der Waals surface area (Å²) in [5, 5.41) is 0. The molecular weight excluding hydrogens is 350 g/mol. The highest BCUT2D eigenvalue weighted by atomic mass is 19.4. The molecule has 2 atom stereocenters. The van der Waals surface area contributed by atoms with Crippen molar-refractivity contribution in [3.05, 3.63) is 41.2 Å². The molecule has 1 aromatic rings. The number of nitrogens with zero attached hydrogens (tertiary/aromatic N) is 1. The zero-order valence-corrected chi connectivity index (χ0v) is 14.9. The van der Waals surface area contributed by atoms with Crippen LogP contribution in [0, 0.1) is 5.82 Å². The molecule has 0 spiro atoms. The molecule has 26 heavy (non-hydrogen) atoms. The quantitative estimate of drug-likeness (QED) is 0.619. The second-order valence-electron chi connectivity index (χ2n) is 7.77. The summed E-state index contributed by atoms with van der Waals surface area (Å²) in [4.78, 5) is 14.1. The molecule has 2 unspecified atom stereocenters. The van der Waals surface area contributed by atoms with Crippen LogP contribution < -0.4 is 0 Å². The first-order chi connectivity index (χ1) is 12.0. The van der Waals surface area contributed by atoms with Gasteiger partial charge in [0.25, 0.3) is 0 Å². The largest absolute Gasteiger partial charge is 0.444 e. The van der Waals surface area contributed by atoms with Crippen molar-refractivity contribution in [2.24, 2.45) is 0 Å². The summed E-state index contributed by atoms with van der Waals surface area (Å²) in [7, 11) is 0. The number of alkyl halides is 3. The first-order valence-electron chi connectivity index (χ1n) is 8.55. The van der Waals surface area contributed by atoms with E-state index < -0.39 is 29.3 Å². The second kappa shape index (κ2) is 6.28. The molecule has 142 valence electrons. The van der Waals surface area contributed by atoms with Crippen LogP contribution in [0.15, 0.2) is 24.3 Å². The smallest absolute Gasteiger partial charge is 0.419 e. The Kier molecular flexibility index (Phi) is 4.53. The van der Waals surface area contributed by atoms with E-state index in [4.69, 9.17) is 4.74 Å². The molecule has 3 nitrogen and oxygen atoms in total. The summed E-state index contributed by atoms with van der Waals surface area (Å²) in [5.74, 6) is -1.28. The SMILES string of the molecule is CC(C)(C)OC(=O)N1C2C=C(c3ccc(F)c(C(F)(F)F)c3)CC1CC2. The van der Waals surface area contributed by atoms with Crippen LogP contribution in [0.4, 0.5) is 22.4 Å². The number of benzene rings is 1. The third-order valence-electron chi connectivity index (χ3n) is 4.64. The number of hydrogen-bond acceptors (Lipinski definition) is 2. The monoisotopic (exact) mass is 371 g/mol. The molecule has 7 heteroatoms. The third-order valence-corrected chi connectivity index (χ3v) is 4.64. The molecule has 2 aliphatic rings. The summed E-state index contributed by atoms with van der Waals surface area (Å²) in [6.07, 6.45) is -1.41. The Balaban J connectivity index is 1.87. The number of ether oxygens (including phenoxy) is 1. The van der Waals surface area contributed by atoms with Gasteiger partial charge in [0.2, 0.25) is 0 Å². The molecule has 1 amide bonds. The number of hydrogen-bond donors (Lipinski definition) is 0. The number of fused-ring (bicyclic) bond motifs is 2. The average Bonchev–Trinajstić information content (AvgIpc) is 2.75. The average molecular weight is 371 g/mol. The van der Waals surface area contributed by atoms with Crippen molar-refractivity contribution in [2.45, 2.75) is 63.9 Å². The van der Waals surface area contributed by atoms with E-state index in [1.165, 1.54) is 6.07 Å². The highest BCUT2D eigenvalue weighted by Crippen LogP contribution is 2.41. The van der Waals surface area contributed by atoms with Crippen LogP contribution in [0.1, 0.15) is 51.2 Å². The van der Waals surface area contributed by atoms with Gasteiger partial charge in [-0.05, 0) is 63.3 Å². The van der Waals surface area contributed by atoms with Crippen molar-refractivity contribution in [3.63, 3.8) is 0 Å². The minimum atomic E-state index is -4.74. The lowest BCUT2D eigenvalue weighted by molar-refractivity contribution is -0.140. The van der Waals surface area contributed by atoms with Crippen LogP contribution in [0.3, 0.4) is 0 Å². The Morgan fingerprint density at radius 3 is 2.46 bits per heavy atom. The minimum absolute atomic E-state index is 0.116. The minimum Gasteiger partial charge on any atom is -0.444 e. The van der Waals surface area contributed by atoms with E-state index in [0.29, 0.717) is 17.6 Å². The number of carbonyl (C=O) groups is 1. The van der Waals surface area contributed by atoms with E-state index in [2.05, 4.69) is 0 Å². The molecule has 0 aliphatic carbocycles. The molecule has 0 aromatic heterocycles. The highest BCUT2D eigenvalue weighted by molar-refractivity contribution is 5.75. The highest BCUT2D eigenvalue weighted by Gasteiger charge is 2.42. The van der Waals surface area contributed by atoms with Crippen LogP contribution >= 0.6 is 0 Å². The van der Waals surface area contributed by atoms with Gasteiger partial charge in [0, 0.05) is 6.04 Å². The van der Waals surface area contributed by atoms with E-state index >= 15 is 0 Å². The van der Waals surface area contributed by atoms with Crippen molar-refractivity contribution in [3.8, 4) is 0 Å². The van der Waals surface area contributed by atoms with Crippen LogP contribution in [0.25, 0.3) is 5.57 Å². The summed E-state index contributed by atoms with van der Waals surface area (Å²) in [6.45, 7) is 5.36. The Hall–Kier alpha value is -2.05. The lowest BCUT2D eigenvalue weighted by Crippen LogP contribution is -2.45. The summed E-state index contributed by atoms with van der Waals surface area (Å²) in [6, 6.07) is 2.73. The number of rotatable bonds is 1. The number of amides is 1. The van der Waals surface area contributed by atoms with Gasteiger partial charge in [-0.1, -0.05) is 12.1 Å². The maximum Gasteiger partial charge on any atom is 0.419 e. The Morgan fingerprint density at radius 2 is 1.88 bits per heavy atom. The van der Waals surface area contributed by atoms with E-state index in [1.807, 2.05) is 0 Å². The first kappa shape index (κ1) is 18.7. The lowest BCUT2D eigenvalue weighted by atomic mass is 9.93. The van der Waals surface area contributed by atoms with Crippen LogP contribution in [-0.4, -0.2) is 28.7 Å². The molecule has 2 bridgehead atoms. The molecule has 0 saturated carbocycles. The third kappa shape index (κ3) is 3.71. The van der Waals surface area contributed by atoms with Crippen molar-refractivity contribution in [1.82, 2.24) is 4.90 Å². The van der Waals surface area contributed by atoms with Gasteiger partial charge in [-0.25, -0.2) is 9.18 Å². The Bertz CT molecular complexity index is 749. The summed E-state index contributed by atoms with van der Waals surface area (Å²) < 4.78 is 57.8. The van der Waals surface area contributed by atoms with E-state index in [0.717, 1.165) is 25.0 Å². The zero-order chi connectivity index (χ0) is 19.3. The maximum atomic E-state index is 13.5. The lowest BCUT2D eigenvalue weighted by Gasteiger charge is -2.35. The van der Waals surface area contributed by atoms with Gasteiger partial charge in [0.05, 0.1) is 11.6 Å². The Labute approximate surface area is 149 Å². The van der Waals surface area contributed by atoms with Gasteiger partial charge >= 0.3 is 12.3 Å². The van der Waals surface area contributed by atoms with Crippen molar-refractivity contribution in [2.75, 3.05) is 0 Å². The van der Waals surface area contributed by atoms with E-state index in [9.17, 15) is 22.4 Å². The normalized spacial score (nSPS) is 23.0. The zero-order valence-electron chi connectivity index (χ0n) is 14.9.